The fourth-order valence-corrected chi connectivity index (χ4v) is 1.65. The summed E-state index contributed by atoms with van der Waals surface area (Å²) in [5.41, 5.74) is 1.91. The predicted octanol–water partition coefficient (Wildman–Crippen LogP) is 0.684. The number of hydrogen-bond acceptors (Lipinski definition) is 8. The minimum Gasteiger partial charge on any atom is -0.504 e. The molecule has 9 nitrogen and oxygen atoms in total. The van der Waals surface area contributed by atoms with Gasteiger partial charge in [0.2, 0.25) is 5.75 Å². The topological polar surface area (TPSA) is 163 Å². The minimum atomic E-state index is -0.811. The summed E-state index contributed by atoms with van der Waals surface area (Å²) < 4.78 is 0. The highest BCUT2D eigenvalue weighted by atomic mass is 16.3. The molecule has 2 rings (SSSR count). The molecule has 0 heterocycles. The fourth-order valence-electron chi connectivity index (χ4n) is 1.65. The van der Waals surface area contributed by atoms with Crippen molar-refractivity contribution in [3.63, 3.8) is 0 Å². The molecule has 9 heteroatoms. The van der Waals surface area contributed by atoms with Gasteiger partial charge in [0.05, 0.1) is 6.21 Å². The molecule has 0 saturated carbocycles. The van der Waals surface area contributed by atoms with Crippen LogP contribution in [0, 0.1) is 0 Å². The normalized spacial score (nSPS) is 10.8. The van der Waals surface area contributed by atoms with E-state index in [9.17, 15) is 30.3 Å². The summed E-state index contributed by atoms with van der Waals surface area (Å²) in [6, 6.07) is 4.21. The van der Waals surface area contributed by atoms with E-state index in [0.717, 1.165) is 24.4 Å². The molecule has 0 aliphatic heterocycles. The van der Waals surface area contributed by atoms with E-state index in [1.807, 2.05) is 0 Å². The number of phenols is 6. The number of benzene rings is 2. The quantitative estimate of drug-likeness (QED) is 0.248. The van der Waals surface area contributed by atoms with E-state index in [0.29, 0.717) is 0 Å². The van der Waals surface area contributed by atoms with E-state index in [1.54, 1.807) is 0 Å². The summed E-state index contributed by atoms with van der Waals surface area (Å²) in [6.45, 7) is 0. The van der Waals surface area contributed by atoms with Crippen molar-refractivity contribution in [3.8, 4) is 34.5 Å². The number of phenolic OH excluding ortho intramolecular Hbond substituents is 6. The summed E-state index contributed by atoms with van der Waals surface area (Å²) in [5, 5.41) is 59.4. The average Bonchev–Trinajstić information content (AvgIpc) is 2.52. The van der Waals surface area contributed by atoms with Gasteiger partial charge in [-0.3, -0.25) is 4.79 Å². The number of nitrogens with one attached hydrogen (secondary N) is 1. The van der Waals surface area contributed by atoms with Crippen LogP contribution in [0.25, 0.3) is 0 Å². The van der Waals surface area contributed by atoms with Crippen LogP contribution in [0.4, 0.5) is 0 Å². The van der Waals surface area contributed by atoms with Crippen molar-refractivity contribution < 1.29 is 35.4 Å². The van der Waals surface area contributed by atoms with Crippen molar-refractivity contribution in [1.82, 2.24) is 5.43 Å². The molecule has 0 bridgehead atoms. The van der Waals surface area contributed by atoms with Crippen LogP contribution in [0.15, 0.2) is 29.4 Å². The highest BCUT2D eigenvalue weighted by molar-refractivity contribution is 5.96. The number of rotatable bonds is 3. The molecular formula is C14H12N2O7. The van der Waals surface area contributed by atoms with Gasteiger partial charge in [-0.05, 0) is 24.3 Å². The highest BCUT2D eigenvalue weighted by Crippen LogP contribution is 2.36. The summed E-state index contributed by atoms with van der Waals surface area (Å²) in [4.78, 5) is 11.8. The van der Waals surface area contributed by atoms with E-state index < -0.39 is 40.4 Å². The predicted molar refractivity (Wildman–Crippen MR) is 77.9 cm³/mol. The zero-order valence-corrected chi connectivity index (χ0v) is 11.4. The molecule has 0 aromatic heterocycles. The Morgan fingerprint density at radius 2 is 1.48 bits per heavy atom. The van der Waals surface area contributed by atoms with Crippen molar-refractivity contribution >= 4 is 12.1 Å². The zero-order valence-electron chi connectivity index (χ0n) is 11.4. The van der Waals surface area contributed by atoms with Crippen LogP contribution in [0.5, 0.6) is 34.5 Å². The second kappa shape index (κ2) is 6.02. The lowest BCUT2D eigenvalue weighted by atomic mass is 10.2. The van der Waals surface area contributed by atoms with Gasteiger partial charge in [0.15, 0.2) is 28.7 Å². The number of amides is 1. The first-order valence-electron chi connectivity index (χ1n) is 6.13. The zero-order chi connectivity index (χ0) is 17.1. The molecule has 0 aliphatic carbocycles. The Kier molecular flexibility index (Phi) is 4.12. The number of carbonyl (C=O) groups excluding carboxylic acids is 1. The van der Waals surface area contributed by atoms with Gasteiger partial charge in [0.25, 0.3) is 5.91 Å². The van der Waals surface area contributed by atoms with Crippen LogP contribution < -0.4 is 5.43 Å². The molecular weight excluding hydrogens is 308 g/mol. The third-order valence-electron chi connectivity index (χ3n) is 2.86. The smallest absolute Gasteiger partial charge is 0.271 e. The first-order chi connectivity index (χ1) is 10.8. The van der Waals surface area contributed by atoms with Crippen LogP contribution in [-0.2, 0) is 0 Å². The first kappa shape index (κ1) is 15.8. The molecule has 0 spiro atoms. The van der Waals surface area contributed by atoms with Gasteiger partial charge in [0.1, 0.15) is 0 Å². The second-order valence-electron chi connectivity index (χ2n) is 4.43. The standard InChI is InChI=1S/C14H12N2O7/c17-8-2-1-6(11(20)13(8)22)5-15-16-14(23)7-3-9(18)12(21)10(19)4-7/h1-5,17-22H,(H,16,23)/b15-5+. The molecule has 0 radical (unpaired) electrons. The van der Waals surface area contributed by atoms with E-state index in [4.69, 9.17) is 5.11 Å². The van der Waals surface area contributed by atoms with Crippen LogP contribution >= 0.6 is 0 Å². The Hall–Kier alpha value is -3.62. The van der Waals surface area contributed by atoms with Crippen molar-refractivity contribution in [2.45, 2.75) is 0 Å². The van der Waals surface area contributed by atoms with E-state index >= 15 is 0 Å². The molecule has 0 atom stereocenters. The molecule has 1 amide bonds. The summed E-state index contributed by atoms with van der Waals surface area (Å²) in [6.07, 6.45) is 1.01. The maximum absolute atomic E-state index is 11.8. The molecule has 0 unspecified atom stereocenters. The Morgan fingerprint density at radius 3 is 2.09 bits per heavy atom. The Morgan fingerprint density at radius 1 is 0.870 bits per heavy atom. The van der Waals surface area contributed by atoms with Gasteiger partial charge in [-0.1, -0.05) is 0 Å². The third kappa shape index (κ3) is 3.18. The second-order valence-corrected chi connectivity index (χ2v) is 4.43. The molecule has 0 saturated heterocycles. The number of carbonyl (C=O) groups is 1. The first-order valence-corrected chi connectivity index (χ1v) is 6.13. The molecule has 0 aliphatic rings. The SMILES string of the molecule is O=C(N/N=C/c1ccc(O)c(O)c1O)c1cc(O)c(O)c(O)c1. The monoisotopic (exact) mass is 320 g/mol. The van der Waals surface area contributed by atoms with Crippen molar-refractivity contribution in [3.05, 3.63) is 35.4 Å². The average molecular weight is 320 g/mol. The number of nitrogens with zero attached hydrogens (tertiary/aromatic N) is 1. The lowest BCUT2D eigenvalue weighted by molar-refractivity contribution is 0.0954. The Labute approximate surface area is 129 Å². The van der Waals surface area contributed by atoms with Crippen LogP contribution in [0.1, 0.15) is 15.9 Å². The molecule has 2 aromatic carbocycles. The Bertz CT molecular complexity index is 779. The van der Waals surface area contributed by atoms with E-state index in [2.05, 4.69) is 10.5 Å². The van der Waals surface area contributed by atoms with Gasteiger partial charge in [-0.25, -0.2) is 5.43 Å². The largest absolute Gasteiger partial charge is 0.504 e. The van der Waals surface area contributed by atoms with Gasteiger partial charge in [-0.2, -0.15) is 5.10 Å². The summed E-state index contributed by atoms with van der Waals surface area (Å²) >= 11 is 0. The maximum Gasteiger partial charge on any atom is 0.271 e. The molecule has 120 valence electrons. The van der Waals surface area contributed by atoms with Crippen molar-refractivity contribution in [2.75, 3.05) is 0 Å². The van der Waals surface area contributed by atoms with Crippen LogP contribution in [0.2, 0.25) is 0 Å². The maximum atomic E-state index is 11.8. The summed E-state index contributed by atoms with van der Waals surface area (Å²) in [5.74, 6) is -4.79. The summed E-state index contributed by atoms with van der Waals surface area (Å²) in [7, 11) is 0. The van der Waals surface area contributed by atoms with Crippen molar-refractivity contribution in [1.29, 1.82) is 0 Å². The van der Waals surface area contributed by atoms with Gasteiger partial charge < -0.3 is 30.6 Å². The molecule has 2 aromatic rings. The molecule has 0 fully saturated rings. The van der Waals surface area contributed by atoms with Gasteiger partial charge in [-0.15, -0.1) is 0 Å². The van der Waals surface area contributed by atoms with E-state index in [-0.39, 0.29) is 11.1 Å². The van der Waals surface area contributed by atoms with Crippen LogP contribution in [-0.4, -0.2) is 42.8 Å². The lowest BCUT2D eigenvalue weighted by Gasteiger charge is -2.05. The van der Waals surface area contributed by atoms with Gasteiger partial charge >= 0.3 is 0 Å². The van der Waals surface area contributed by atoms with Crippen LogP contribution in [0.3, 0.4) is 0 Å². The van der Waals surface area contributed by atoms with E-state index in [1.165, 1.54) is 6.07 Å². The van der Waals surface area contributed by atoms with Crippen molar-refractivity contribution in [2.24, 2.45) is 5.10 Å². The number of hydrazone groups is 1. The molecule has 23 heavy (non-hydrogen) atoms. The number of hydrogen-bond donors (Lipinski definition) is 7. The Balaban J connectivity index is 2.15. The third-order valence-corrected chi connectivity index (χ3v) is 2.86. The fraction of sp³-hybridized carbons (Fsp3) is 0. The lowest BCUT2D eigenvalue weighted by Crippen LogP contribution is -2.17. The minimum absolute atomic E-state index is 0.0250. The molecule has 7 N–H and O–H groups in total. The number of aromatic hydroxyl groups is 6. The van der Waals surface area contributed by atoms with Gasteiger partial charge in [0, 0.05) is 11.1 Å². The highest BCUT2D eigenvalue weighted by Gasteiger charge is 2.13.